The molecule has 1 aliphatic rings. The molecule has 26 heavy (non-hydrogen) atoms. The van der Waals surface area contributed by atoms with E-state index in [1.165, 1.54) is 0 Å². The van der Waals surface area contributed by atoms with Crippen LogP contribution in [0.2, 0.25) is 0 Å². The van der Waals surface area contributed by atoms with Gasteiger partial charge < -0.3 is 15.0 Å². The van der Waals surface area contributed by atoms with Gasteiger partial charge in [0.05, 0.1) is 24.9 Å². The van der Waals surface area contributed by atoms with Crippen molar-refractivity contribution in [2.75, 3.05) is 51.3 Å². The molecule has 2 aromatic rings. The Morgan fingerprint density at radius 1 is 1.23 bits per heavy atom. The van der Waals surface area contributed by atoms with E-state index < -0.39 is 0 Å². The number of methoxy groups -OCH3 is 1. The highest BCUT2D eigenvalue weighted by molar-refractivity contribution is 5.78. The van der Waals surface area contributed by atoms with Crippen LogP contribution in [0, 0.1) is 0 Å². The van der Waals surface area contributed by atoms with Gasteiger partial charge in [-0.2, -0.15) is 5.10 Å². The second-order valence-electron chi connectivity index (χ2n) is 6.27. The molecule has 1 fully saturated rings. The van der Waals surface area contributed by atoms with Crippen LogP contribution in [0.1, 0.15) is 11.7 Å². The van der Waals surface area contributed by atoms with Crippen LogP contribution in [-0.2, 0) is 16.6 Å². The molecule has 0 saturated carbocycles. The van der Waals surface area contributed by atoms with E-state index in [4.69, 9.17) is 4.74 Å². The molecule has 3 heterocycles. The Balaban J connectivity index is 1.50. The fraction of sp³-hybridized carbons (Fsp3) is 0.529. The summed E-state index contributed by atoms with van der Waals surface area (Å²) in [5, 5.41) is 7.21. The molecule has 1 saturated heterocycles. The third-order valence-corrected chi connectivity index (χ3v) is 4.46. The van der Waals surface area contributed by atoms with Gasteiger partial charge in [0.15, 0.2) is 0 Å². The van der Waals surface area contributed by atoms with Gasteiger partial charge in [-0.05, 0) is 12.1 Å². The lowest BCUT2D eigenvalue weighted by atomic mass is 10.2. The van der Waals surface area contributed by atoms with E-state index in [1.807, 2.05) is 19.2 Å². The molecule has 0 aliphatic carbocycles. The van der Waals surface area contributed by atoms with E-state index in [2.05, 4.69) is 30.2 Å². The number of carbonyl (C=O) groups excluding carboxylic acids is 1. The van der Waals surface area contributed by atoms with Crippen LogP contribution in [0.5, 0.6) is 0 Å². The molecule has 1 unspecified atom stereocenters. The summed E-state index contributed by atoms with van der Waals surface area (Å²) in [6, 6.07) is 3.49. The van der Waals surface area contributed by atoms with E-state index in [1.54, 1.807) is 30.4 Å². The highest BCUT2D eigenvalue weighted by atomic mass is 16.5. The van der Waals surface area contributed by atoms with Crippen LogP contribution in [-0.4, -0.2) is 77.0 Å². The molecule has 0 spiro atoms. The Hall–Kier alpha value is -2.52. The van der Waals surface area contributed by atoms with Crippen molar-refractivity contribution >= 4 is 11.9 Å². The number of amides is 1. The molecular weight excluding hydrogens is 334 g/mol. The van der Waals surface area contributed by atoms with Crippen molar-refractivity contribution in [2.45, 2.75) is 6.04 Å². The first-order chi connectivity index (χ1) is 12.7. The summed E-state index contributed by atoms with van der Waals surface area (Å²) in [6.07, 6.45) is 5.21. The molecule has 0 radical (unpaired) electrons. The summed E-state index contributed by atoms with van der Waals surface area (Å²) in [4.78, 5) is 25.3. The van der Waals surface area contributed by atoms with Crippen molar-refractivity contribution in [3.05, 3.63) is 36.4 Å². The summed E-state index contributed by atoms with van der Waals surface area (Å²) in [7, 11) is 3.48. The minimum atomic E-state index is -0.209. The maximum Gasteiger partial charge on any atom is 0.234 e. The zero-order valence-corrected chi connectivity index (χ0v) is 15.2. The van der Waals surface area contributed by atoms with Gasteiger partial charge in [0, 0.05) is 58.9 Å². The molecule has 2 aromatic heterocycles. The highest BCUT2D eigenvalue weighted by Gasteiger charge is 2.23. The number of piperazine rings is 1. The highest BCUT2D eigenvalue weighted by Crippen LogP contribution is 2.13. The number of anilines is 1. The number of ether oxygens (including phenoxy) is 1. The lowest BCUT2D eigenvalue weighted by molar-refractivity contribution is -0.123. The largest absolute Gasteiger partial charge is 0.382 e. The number of aryl methyl sites for hydroxylation is 1. The topological polar surface area (TPSA) is 88.4 Å². The van der Waals surface area contributed by atoms with Gasteiger partial charge in [-0.3, -0.25) is 14.4 Å². The Morgan fingerprint density at radius 3 is 2.58 bits per heavy atom. The quantitative estimate of drug-likeness (QED) is 0.735. The molecule has 1 aliphatic heterocycles. The first kappa shape index (κ1) is 18.3. The number of nitrogens with one attached hydrogen (secondary N) is 1. The zero-order chi connectivity index (χ0) is 18.4. The van der Waals surface area contributed by atoms with Crippen LogP contribution < -0.4 is 10.2 Å². The van der Waals surface area contributed by atoms with Crippen LogP contribution in [0.15, 0.2) is 30.7 Å². The van der Waals surface area contributed by atoms with Gasteiger partial charge in [0.1, 0.15) is 0 Å². The van der Waals surface area contributed by atoms with Gasteiger partial charge in [0.2, 0.25) is 11.9 Å². The van der Waals surface area contributed by atoms with Gasteiger partial charge >= 0.3 is 0 Å². The van der Waals surface area contributed by atoms with Crippen LogP contribution in [0.4, 0.5) is 5.95 Å². The van der Waals surface area contributed by atoms with Gasteiger partial charge in [-0.25, -0.2) is 9.97 Å². The SMILES string of the molecule is COCC(NC(=O)CN1CCN(c2ncccn2)CC1)c1ccnn1C. The number of rotatable bonds is 7. The monoisotopic (exact) mass is 359 g/mol. The van der Waals surface area contributed by atoms with Gasteiger partial charge in [-0.1, -0.05) is 0 Å². The number of aromatic nitrogens is 4. The lowest BCUT2D eigenvalue weighted by Gasteiger charge is -2.34. The molecule has 140 valence electrons. The molecule has 1 N–H and O–H groups in total. The van der Waals surface area contributed by atoms with Gasteiger partial charge in [0.25, 0.3) is 0 Å². The predicted molar refractivity (Wildman–Crippen MR) is 96.7 cm³/mol. The van der Waals surface area contributed by atoms with E-state index in [9.17, 15) is 4.79 Å². The standard InChI is InChI=1S/C17H25N7O2/c1-22-15(4-7-20-22)14(13-26-2)21-16(25)12-23-8-10-24(11-9-23)17-18-5-3-6-19-17/h3-7,14H,8-13H2,1-2H3,(H,21,25). The molecule has 9 heteroatoms. The van der Waals surface area contributed by atoms with Crippen LogP contribution >= 0.6 is 0 Å². The molecule has 0 aromatic carbocycles. The minimum absolute atomic E-state index is 0.0161. The van der Waals surface area contributed by atoms with Crippen molar-refractivity contribution in [3.8, 4) is 0 Å². The maximum absolute atomic E-state index is 12.5. The molecule has 0 bridgehead atoms. The first-order valence-corrected chi connectivity index (χ1v) is 8.68. The third-order valence-electron chi connectivity index (χ3n) is 4.46. The number of hydrogen-bond acceptors (Lipinski definition) is 7. The van der Waals surface area contributed by atoms with Crippen molar-refractivity contribution in [3.63, 3.8) is 0 Å². The Morgan fingerprint density at radius 2 is 1.96 bits per heavy atom. The Kier molecular flexibility index (Phi) is 6.13. The van der Waals surface area contributed by atoms with Gasteiger partial charge in [-0.15, -0.1) is 0 Å². The number of carbonyl (C=O) groups is 1. The van der Waals surface area contributed by atoms with E-state index in [-0.39, 0.29) is 11.9 Å². The van der Waals surface area contributed by atoms with E-state index in [0.29, 0.717) is 13.2 Å². The molecular formula is C17H25N7O2. The average molecular weight is 359 g/mol. The smallest absolute Gasteiger partial charge is 0.234 e. The van der Waals surface area contributed by atoms with Crippen LogP contribution in [0.25, 0.3) is 0 Å². The molecule has 3 rings (SSSR count). The number of hydrogen-bond donors (Lipinski definition) is 1. The maximum atomic E-state index is 12.5. The second kappa shape index (κ2) is 8.72. The first-order valence-electron chi connectivity index (χ1n) is 8.68. The summed E-state index contributed by atoms with van der Waals surface area (Å²) in [6.45, 7) is 3.98. The molecule has 1 atom stereocenters. The molecule has 9 nitrogen and oxygen atoms in total. The summed E-state index contributed by atoms with van der Waals surface area (Å²) in [5.41, 5.74) is 0.922. The second-order valence-corrected chi connectivity index (χ2v) is 6.27. The van der Waals surface area contributed by atoms with Crippen molar-refractivity contribution in [1.82, 2.24) is 30.0 Å². The summed E-state index contributed by atoms with van der Waals surface area (Å²) >= 11 is 0. The minimum Gasteiger partial charge on any atom is -0.382 e. The van der Waals surface area contributed by atoms with Crippen molar-refractivity contribution in [2.24, 2.45) is 7.05 Å². The Labute approximate surface area is 153 Å². The van der Waals surface area contributed by atoms with Crippen LogP contribution in [0.3, 0.4) is 0 Å². The third kappa shape index (κ3) is 4.55. The van der Waals surface area contributed by atoms with E-state index >= 15 is 0 Å². The fourth-order valence-electron chi connectivity index (χ4n) is 3.10. The zero-order valence-electron chi connectivity index (χ0n) is 15.2. The summed E-state index contributed by atoms with van der Waals surface area (Å²) < 4.78 is 7.00. The normalized spacial score (nSPS) is 16.5. The summed E-state index contributed by atoms with van der Waals surface area (Å²) in [5.74, 6) is 0.727. The Bertz CT molecular complexity index is 698. The lowest BCUT2D eigenvalue weighted by Crippen LogP contribution is -2.50. The predicted octanol–water partition coefficient (Wildman–Crippen LogP) is -0.164. The molecule has 1 amide bonds. The van der Waals surface area contributed by atoms with Crippen molar-refractivity contribution in [1.29, 1.82) is 0 Å². The average Bonchev–Trinajstić information content (AvgIpc) is 3.08. The fourth-order valence-corrected chi connectivity index (χ4v) is 3.10. The number of nitrogens with zero attached hydrogens (tertiary/aromatic N) is 6. The van der Waals surface area contributed by atoms with Crippen molar-refractivity contribution < 1.29 is 9.53 Å². The van der Waals surface area contributed by atoms with E-state index in [0.717, 1.165) is 37.8 Å².